The SMILES string of the molecule is C=C/C(=C\C(=C/C)c1ccc2[nH]nc(-c3nc4c(N5CCCCC5)cncc4[nH]3)c2n1)NC(=C)Cc1ccccc1. The molecule has 0 unspecified atom stereocenters. The number of anilines is 1. The third-order valence-electron chi connectivity index (χ3n) is 7.42. The molecule has 1 aliphatic heterocycles. The number of imidazole rings is 1. The highest BCUT2D eigenvalue weighted by atomic mass is 15.2. The lowest BCUT2D eigenvalue weighted by Gasteiger charge is -2.28. The van der Waals surface area contributed by atoms with Crippen LogP contribution in [0.5, 0.6) is 0 Å². The number of nitrogens with one attached hydrogen (secondary N) is 3. The van der Waals surface area contributed by atoms with Gasteiger partial charge in [0.25, 0.3) is 0 Å². The third-order valence-corrected chi connectivity index (χ3v) is 7.42. The maximum atomic E-state index is 5.02. The lowest BCUT2D eigenvalue weighted by molar-refractivity contribution is 0.578. The molecule has 0 aliphatic carbocycles. The molecule has 1 fully saturated rings. The molecule has 1 saturated heterocycles. The van der Waals surface area contributed by atoms with Crippen molar-refractivity contribution in [3.63, 3.8) is 0 Å². The number of hydrogen-bond donors (Lipinski definition) is 3. The van der Waals surface area contributed by atoms with Crippen LogP contribution in [0.3, 0.4) is 0 Å². The summed E-state index contributed by atoms with van der Waals surface area (Å²) in [5, 5.41) is 11.1. The molecule has 1 aromatic carbocycles. The fourth-order valence-electron chi connectivity index (χ4n) is 5.33. The van der Waals surface area contributed by atoms with E-state index in [4.69, 9.17) is 9.97 Å². The molecule has 4 aromatic heterocycles. The summed E-state index contributed by atoms with van der Waals surface area (Å²) in [7, 11) is 0. The number of piperidine rings is 1. The van der Waals surface area contributed by atoms with E-state index in [0.29, 0.717) is 11.5 Å². The molecule has 5 heterocycles. The second-order valence-corrected chi connectivity index (χ2v) is 10.3. The van der Waals surface area contributed by atoms with Gasteiger partial charge >= 0.3 is 0 Å². The molecule has 41 heavy (non-hydrogen) atoms. The highest BCUT2D eigenvalue weighted by Crippen LogP contribution is 2.31. The van der Waals surface area contributed by atoms with Crippen molar-refractivity contribution in [1.29, 1.82) is 0 Å². The Kier molecular flexibility index (Phi) is 7.45. The van der Waals surface area contributed by atoms with Gasteiger partial charge in [0, 0.05) is 30.9 Å². The molecule has 6 rings (SSSR count). The number of rotatable bonds is 9. The standard InChI is InChI=1S/C33H34N8/c1-4-24(19-25(5-2)35-22(3)18-23-12-8-6-9-13-23)26-14-15-27-31(36-26)32(40-39-27)33-37-28-20-34-21-29(30(28)38-33)41-16-10-7-11-17-41/h4-6,8-9,12-15,19-21,35H,2-3,7,10-11,16-18H2,1H3,(H,37,38)(H,39,40)/b24-4+,25-19+. The van der Waals surface area contributed by atoms with Crippen molar-refractivity contribution < 1.29 is 0 Å². The molecule has 0 spiro atoms. The van der Waals surface area contributed by atoms with Crippen LogP contribution in [0.1, 0.15) is 37.4 Å². The van der Waals surface area contributed by atoms with Crippen molar-refractivity contribution in [3.05, 3.63) is 109 Å². The second kappa shape index (κ2) is 11.6. The number of pyridine rings is 2. The normalized spacial score (nSPS) is 14.5. The highest BCUT2D eigenvalue weighted by molar-refractivity contribution is 5.94. The van der Waals surface area contributed by atoms with E-state index in [2.05, 4.69) is 55.7 Å². The van der Waals surface area contributed by atoms with Crippen LogP contribution in [0.2, 0.25) is 0 Å². The van der Waals surface area contributed by atoms with Gasteiger partial charge in [0.05, 0.1) is 34.8 Å². The lowest BCUT2D eigenvalue weighted by atomic mass is 10.1. The summed E-state index contributed by atoms with van der Waals surface area (Å²) in [6.07, 6.45) is 14.0. The van der Waals surface area contributed by atoms with Crippen LogP contribution in [0.15, 0.2) is 97.6 Å². The number of fused-ring (bicyclic) bond motifs is 2. The first-order valence-corrected chi connectivity index (χ1v) is 14.1. The van der Waals surface area contributed by atoms with E-state index in [-0.39, 0.29) is 0 Å². The average Bonchev–Trinajstić information content (AvgIpc) is 3.64. The number of nitrogens with zero attached hydrogens (tertiary/aromatic N) is 5. The van der Waals surface area contributed by atoms with Crippen molar-refractivity contribution in [1.82, 2.24) is 35.5 Å². The van der Waals surface area contributed by atoms with E-state index in [1.54, 1.807) is 6.08 Å². The Labute approximate surface area is 239 Å². The van der Waals surface area contributed by atoms with Crippen molar-refractivity contribution in [2.75, 3.05) is 18.0 Å². The topological polar surface area (TPSA) is 98.4 Å². The van der Waals surface area contributed by atoms with Crippen LogP contribution in [0.4, 0.5) is 5.69 Å². The summed E-state index contributed by atoms with van der Waals surface area (Å²) in [5.41, 5.74) is 9.87. The number of hydrogen-bond acceptors (Lipinski definition) is 6. The summed E-state index contributed by atoms with van der Waals surface area (Å²) in [6.45, 7) is 12.3. The van der Waals surface area contributed by atoms with E-state index in [1.807, 2.05) is 61.8 Å². The molecular formula is C33H34N8. The van der Waals surface area contributed by atoms with E-state index in [9.17, 15) is 0 Å². The van der Waals surface area contributed by atoms with E-state index in [1.165, 1.54) is 24.8 Å². The molecule has 0 amide bonds. The zero-order chi connectivity index (χ0) is 28.2. The molecule has 1 aliphatic rings. The summed E-state index contributed by atoms with van der Waals surface area (Å²) in [6, 6.07) is 14.3. The molecule has 8 nitrogen and oxygen atoms in total. The molecule has 0 bridgehead atoms. The molecule has 0 atom stereocenters. The fourth-order valence-corrected chi connectivity index (χ4v) is 5.33. The molecule has 206 valence electrons. The van der Waals surface area contributed by atoms with E-state index in [0.717, 1.165) is 69.9 Å². The largest absolute Gasteiger partial charge is 0.368 e. The minimum absolute atomic E-state index is 0.672. The van der Waals surface area contributed by atoms with Crippen LogP contribution in [-0.2, 0) is 6.42 Å². The van der Waals surface area contributed by atoms with Gasteiger partial charge in [-0.1, -0.05) is 49.6 Å². The van der Waals surface area contributed by atoms with Crippen LogP contribution in [-0.4, -0.2) is 43.2 Å². The van der Waals surface area contributed by atoms with Crippen molar-refractivity contribution in [3.8, 4) is 11.5 Å². The monoisotopic (exact) mass is 542 g/mol. The Morgan fingerprint density at radius 2 is 1.83 bits per heavy atom. The Morgan fingerprint density at radius 1 is 1.00 bits per heavy atom. The molecular weight excluding hydrogens is 508 g/mol. The van der Waals surface area contributed by atoms with Gasteiger partial charge in [-0.2, -0.15) is 5.10 Å². The maximum absolute atomic E-state index is 5.02. The van der Waals surface area contributed by atoms with Gasteiger partial charge in [-0.15, -0.1) is 0 Å². The summed E-state index contributed by atoms with van der Waals surface area (Å²) in [4.78, 5) is 20.3. The maximum Gasteiger partial charge on any atom is 0.161 e. The highest BCUT2D eigenvalue weighted by Gasteiger charge is 2.20. The molecule has 8 heteroatoms. The number of aromatic nitrogens is 6. The minimum atomic E-state index is 0.672. The third kappa shape index (κ3) is 5.54. The van der Waals surface area contributed by atoms with Gasteiger partial charge in [0.2, 0.25) is 0 Å². The first-order valence-electron chi connectivity index (χ1n) is 14.1. The Hall–Kier alpha value is -4.98. The quantitative estimate of drug-likeness (QED) is 0.179. The van der Waals surface area contributed by atoms with E-state index >= 15 is 0 Å². The molecule has 5 aromatic rings. The summed E-state index contributed by atoms with van der Waals surface area (Å²) < 4.78 is 0. The number of aromatic amines is 2. The van der Waals surface area contributed by atoms with Gasteiger partial charge in [-0.05, 0) is 61.6 Å². The number of benzene rings is 1. The Morgan fingerprint density at radius 3 is 2.61 bits per heavy atom. The van der Waals surface area contributed by atoms with Gasteiger partial charge < -0.3 is 15.2 Å². The number of allylic oxidation sites excluding steroid dienone is 5. The van der Waals surface area contributed by atoms with Gasteiger partial charge in [0.1, 0.15) is 11.0 Å². The molecule has 3 N–H and O–H groups in total. The molecule has 0 saturated carbocycles. The zero-order valence-electron chi connectivity index (χ0n) is 23.3. The van der Waals surface area contributed by atoms with Crippen molar-refractivity contribution >= 4 is 33.3 Å². The van der Waals surface area contributed by atoms with Gasteiger partial charge in [0.15, 0.2) is 11.5 Å². The second-order valence-electron chi connectivity index (χ2n) is 10.3. The first-order chi connectivity index (χ1) is 20.1. The zero-order valence-corrected chi connectivity index (χ0v) is 23.3. The van der Waals surface area contributed by atoms with Crippen molar-refractivity contribution in [2.45, 2.75) is 32.6 Å². The smallest absolute Gasteiger partial charge is 0.161 e. The van der Waals surface area contributed by atoms with Gasteiger partial charge in [-0.25, -0.2) is 9.97 Å². The minimum Gasteiger partial charge on any atom is -0.368 e. The van der Waals surface area contributed by atoms with Crippen LogP contribution in [0.25, 0.3) is 39.2 Å². The van der Waals surface area contributed by atoms with Gasteiger partial charge in [-0.3, -0.25) is 10.1 Å². The Balaban J connectivity index is 1.29. The van der Waals surface area contributed by atoms with Crippen molar-refractivity contribution in [2.24, 2.45) is 0 Å². The first kappa shape index (κ1) is 26.3. The molecule has 0 radical (unpaired) electrons. The number of H-pyrrole nitrogens is 2. The summed E-state index contributed by atoms with van der Waals surface area (Å²) in [5.74, 6) is 0.672. The van der Waals surface area contributed by atoms with Crippen LogP contribution >= 0.6 is 0 Å². The predicted molar refractivity (Wildman–Crippen MR) is 167 cm³/mol. The fraction of sp³-hybridized carbons (Fsp3) is 0.212. The average molecular weight is 543 g/mol. The van der Waals surface area contributed by atoms with Crippen LogP contribution < -0.4 is 10.2 Å². The summed E-state index contributed by atoms with van der Waals surface area (Å²) >= 11 is 0. The predicted octanol–water partition coefficient (Wildman–Crippen LogP) is 6.71. The van der Waals surface area contributed by atoms with Crippen LogP contribution in [0, 0.1) is 0 Å². The van der Waals surface area contributed by atoms with E-state index < -0.39 is 0 Å². The lowest BCUT2D eigenvalue weighted by Crippen LogP contribution is -2.29. The Bertz CT molecular complexity index is 1770.